The van der Waals surface area contributed by atoms with Crippen molar-refractivity contribution in [3.63, 3.8) is 0 Å². The summed E-state index contributed by atoms with van der Waals surface area (Å²) in [5.41, 5.74) is -1.87. The lowest BCUT2D eigenvalue weighted by Crippen LogP contribution is -2.35. The van der Waals surface area contributed by atoms with Gasteiger partial charge < -0.3 is 20.3 Å². The van der Waals surface area contributed by atoms with Gasteiger partial charge in [-0.3, -0.25) is 10.1 Å². The maximum Gasteiger partial charge on any atom is 0.339 e. The molecule has 1 heterocycles. The number of anilines is 1. The fraction of sp³-hybridized carbons (Fsp3) is 0.500. The van der Waals surface area contributed by atoms with Crippen LogP contribution in [0.1, 0.15) is 23.7 Å². The molecule has 0 saturated carbocycles. The van der Waals surface area contributed by atoms with Gasteiger partial charge in [0.1, 0.15) is 17.6 Å². The van der Waals surface area contributed by atoms with E-state index in [-0.39, 0.29) is 17.9 Å². The van der Waals surface area contributed by atoms with E-state index in [2.05, 4.69) is 10.3 Å². The molecule has 0 aliphatic heterocycles. The molecule has 0 fully saturated rings. The second kappa shape index (κ2) is 6.95. The van der Waals surface area contributed by atoms with Gasteiger partial charge in [-0.15, -0.1) is 0 Å². The molecule has 0 aromatic carbocycles. The number of carbonyl (C=O) groups is 1. The number of pyridine rings is 1. The molecule has 0 aliphatic carbocycles. The van der Waals surface area contributed by atoms with Crippen molar-refractivity contribution in [3.05, 3.63) is 27.9 Å². The summed E-state index contributed by atoms with van der Waals surface area (Å²) < 4.78 is 4.86. The van der Waals surface area contributed by atoms with Gasteiger partial charge in [0, 0.05) is 32.7 Å². The predicted molar refractivity (Wildman–Crippen MR) is 73.5 cm³/mol. The van der Waals surface area contributed by atoms with E-state index in [1.807, 2.05) is 0 Å². The van der Waals surface area contributed by atoms with Crippen molar-refractivity contribution in [1.29, 1.82) is 0 Å². The molecule has 3 N–H and O–H groups in total. The van der Waals surface area contributed by atoms with Crippen molar-refractivity contribution in [2.45, 2.75) is 18.9 Å². The van der Waals surface area contributed by atoms with E-state index in [1.54, 1.807) is 6.92 Å². The summed E-state index contributed by atoms with van der Waals surface area (Å²) in [5.74, 6) is -1.38. The summed E-state index contributed by atoms with van der Waals surface area (Å²) in [7, 11) is 1.50. The van der Waals surface area contributed by atoms with Crippen molar-refractivity contribution in [3.8, 4) is 0 Å². The summed E-state index contributed by atoms with van der Waals surface area (Å²) >= 11 is 0. The number of methoxy groups -OCH3 is 1. The number of nitrogens with one attached hydrogen (secondary N) is 1. The van der Waals surface area contributed by atoms with E-state index < -0.39 is 22.2 Å². The van der Waals surface area contributed by atoms with Crippen LogP contribution in [0.4, 0.5) is 11.5 Å². The van der Waals surface area contributed by atoms with Crippen LogP contribution in [0.5, 0.6) is 0 Å². The summed E-state index contributed by atoms with van der Waals surface area (Å²) in [6.45, 7) is 1.93. The molecule has 9 nitrogen and oxygen atoms in total. The number of hydrogen-bond acceptors (Lipinski definition) is 7. The van der Waals surface area contributed by atoms with Gasteiger partial charge in [0.15, 0.2) is 0 Å². The Morgan fingerprint density at radius 1 is 1.62 bits per heavy atom. The van der Waals surface area contributed by atoms with Gasteiger partial charge in [0.05, 0.1) is 10.5 Å². The van der Waals surface area contributed by atoms with Crippen molar-refractivity contribution >= 4 is 17.5 Å². The number of aliphatic hydroxyl groups is 1. The second-order valence-electron chi connectivity index (χ2n) is 4.75. The first-order valence-electron chi connectivity index (χ1n) is 6.10. The summed E-state index contributed by atoms with van der Waals surface area (Å²) in [6, 6.07) is 0.918. The van der Waals surface area contributed by atoms with E-state index in [4.69, 9.17) is 9.84 Å². The smallest absolute Gasteiger partial charge is 0.339 e. The van der Waals surface area contributed by atoms with Gasteiger partial charge in [0.2, 0.25) is 0 Å². The number of aromatic nitrogens is 1. The average molecular weight is 299 g/mol. The quantitative estimate of drug-likeness (QED) is 0.475. The fourth-order valence-corrected chi connectivity index (χ4v) is 1.54. The Labute approximate surface area is 120 Å². The number of carboxylic acids is 1. The Morgan fingerprint density at radius 2 is 2.29 bits per heavy atom. The molecule has 0 amide bonds. The topological polar surface area (TPSA) is 135 Å². The van der Waals surface area contributed by atoms with Crippen molar-refractivity contribution in [1.82, 2.24) is 4.98 Å². The van der Waals surface area contributed by atoms with Crippen LogP contribution in [0, 0.1) is 10.1 Å². The van der Waals surface area contributed by atoms with E-state index in [1.165, 1.54) is 7.11 Å². The Hall–Kier alpha value is -2.26. The minimum atomic E-state index is -1.34. The molecule has 1 atom stereocenters. The van der Waals surface area contributed by atoms with Crippen LogP contribution in [0.3, 0.4) is 0 Å². The lowest BCUT2D eigenvalue weighted by atomic mass is 10.0. The zero-order valence-corrected chi connectivity index (χ0v) is 11.7. The maximum atomic E-state index is 11.1. The highest BCUT2D eigenvalue weighted by Gasteiger charge is 2.23. The molecule has 1 unspecified atom stereocenters. The van der Waals surface area contributed by atoms with Gasteiger partial charge in [-0.25, -0.2) is 9.78 Å². The van der Waals surface area contributed by atoms with Crippen LogP contribution >= 0.6 is 0 Å². The minimum absolute atomic E-state index is 0.0292. The van der Waals surface area contributed by atoms with Crippen molar-refractivity contribution in [2.75, 3.05) is 25.6 Å². The molecule has 1 aromatic rings. The van der Waals surface area contributed by atoms with Crippen LogP contribution in [-0.4, -0.2) is 52.0 Å². The average Bonchev–Trinajstić information content (AvgIpc) is 2.42. The number of nitro groups is 1. The van der Waals surface area contributed by atoms with Crippen molar-refractivity contribution < 1.29 is 24.7 Å². The molecule has 0 spiro atoms. The molecule has 0 bridgehead atoms. The Bertz CT molecular complexity index is 532. The highest BCUT2D eigenvalue weighted by Crippen LogP contribution is 2.20. The van der Waals surface area contributed by atoms with Crippen LogP contribution in [0.2, 0.25) is 0 Å². The first-order chi connectivity index (χ1) is 9.76. The molecule has 21 heavy (non-hydrogen) atoms. The second-order valence-corrected chi connectivity index (χ2v) is 4.75. The monoisotopic (exact) mass is 299 g/mol. The molecule has 116 valence electrons. The number of nitrogens with zero attached hydrogens (tertiary/aromatic N) is 2. The van der Waals surface area contributed by atoms with Gasteiger partial charge >= 0.3 is 5.97 Å². The Kier molecular flexibility index (Phi) is 5.56. The molecular weight excluding hydrogens is 282 g/mol. The molecule has 0 aliphatic rings. The first kappa shape index (κ1) is 16.8. The molecule has 9 heteroatoms. The van der Waals surface area contributed by atoms with E-state index >= 15 is 0 Å². The SMILES string of the molecule is COCCC(C)(O)CNc1ncc([N+](=O)[O-])cc1C(=O)O. The Balaban J connectivity index is 2.88. The summed E-state index contributed by atoms with van der Waals surface area (Å²) in [4.78, 5) is 24.7. The van der Waals surface area contributed by atoms with Crippen LogP contribution < -0.4 is 5.32 Å². The molecule has 0 saturated heterocycles. The van der Waals surface area contributed by atoms with Crippen molar-refractivity contribution in [2.24, 2.45) is 0 Å². The van der Waals surface area contributed by atoms with Gasteiger partial charge in [-0.1, -0.05) is 0 Å². The summed E-state index contributed by atoms with van der Waals surface area (Å²) in [5, 5.41) is 32.4. The zero-order valence-electron chi connectivity index (χ0n) is 11.7. The highest BCUT2D eigenvalue weighted by molar-refractivity contribution is 5.93. The maximum absolute atomic E-state index is 11.1. The standard InChI is InChI=1S/C12H17N3O6/c1-12(18,3-4-21-2)7-14-10-9(11(16)17)5-8(6-13-10)15(19)20/h5-6,18H,3-4,7H2,1-2H3,(H,13,14)(H,16,17). The van der Waals surface area contributed by atoms with Crippen LogP contribution in [0.15, 0.2) is 12.3 Å². The molecule has 1 aromatic heterocycles. The third kappa shape index (κ3) is 4.97. The van der Waals surface area contributed by atoms with Crippen LogP contribution in [-0.2, 0) is 4.74 Å². The number of rotatable bonds is 8. The highest BCUT2D eigenvalue weighted by atomic mass is 16.6. The van der Waals surface area contributed by atoms with Gasteiger partial charge in [-0.2, -0.15) is 0 Å². The van der Waals surface area contributed by atoms with Crippen LogP contribution in [0.25, 0.3) is 0 Å². The summed E-state index contributed by atoms with van der Waals surface area (Å²) in [6.07, 6.45) is 1.30. The fourth-order valence-electron chi connectivity index (χ4n) is 1.54. The largest absolute Gasteiger partial charge is 0.478 e. The first-order valence-corrected chi connectivity index (χ1v) is 6.10. The minimum Gasteiger partial charge on any atom is -0.478 e. The number of hydrogen-bond donors (Lipinski definition) is 3. The van der Waals surface area contributed by atoms with E-state index in [9.17, 15) is 20.0 Å². The lowest BCUT2D eigenvalue weighted by Gasteiger charge is -2.23. The predicted octanol–water partition coefficient (Wildman–Crippen LogP) is 0.887. The molecule has 1 rings (SSSR count). The third-order valence-electron chi connectivity index (χ3n) is 2.80. The van der Waals surface area contributed by atoms with Gasteiger partial charge in [0.25, 0.3) is 5.69 Å². The lowest BCUT2D eigenvalue weighted by molar-refractivity contribution is -0.385. The molecule has 0 radical (unpaired) electrons. The van der Waals surface area contributed by atoms with E-state index in [0.29, 0.717) is 13.0 Å². The number of aromatic carboxylic acids is 1. The Morgan fingerprint density at radius 3 is 2.81 bits per heavy atom. The normalized spacial score (nSPS) is 13.5. The number of carboxylic acid groups (broad SMARTS) is 1. The number of ether oxygens (including phenoxy) is 1. The molecular formula is C12H17N3O6. The third-order valence-corrected chi connectivity index (χ3v) is 2.80. The van der Waals surface area contributed by atoms with Gasteiger partial charge in [-0.05, 0) is 6.92 Å². The van der Waals surface area contributed by atoms with E-state index in [0.717, 1.165) is 12.3 Å². The zero-order chi connectivity index (χ0) is 16.0.